The number of fused-ring (bicyclic) bond motifs is 1. The summed E-state index contributed by atoms with van der Waals surface area (Å²) in [6.07, 6.45) is 3.79. The van der Waals surface area contributed by atoms with Gasteiger partial charge >= 0.3 is 0 Å². The van der Waals surface area contributed by atoms with Crippen LogP contribution in [0.2, 0.25) is 0 Å². The molecule has 2 heterocycles. The topological polar surface area (TPSA) is 59.2 Å². The van der Waals surface area contributed by atoms with Crippen molar-refractivity contribution >= 4 is 22.5 Å². The lowest BCUT2D eigenvalue weighted by Crippen LogP contribution is -2.38. The Hall–Kier alpha value is -2.10. The molecule has 2 aromatic rings. The maximum Gasteiger partial charge on any atom is 0.256 e. The third kappa shape index (κ3) is 2.35. The molecule has 1 aromatic carbocycles. The maximum atomic E-state index is 12.9. The summed E-state index contributed by atoms with van der Waals surface area (Å²) < 4.78 is 0. The van der Waals surface area contributed by atoms with Gasteiger partial charge in [-0.1, -0.05) is 38.1 Å². The number of hydrogen-bond acceptors (Lipinski definition) is 3. The minimum atomic E-state index is 0.0786. The van der Waals surface area contributed by atoms with Crippen LogP contribution in [0.25, 0.3) is 10.8 Å². The van der Waals surface area contributed by atoms with Gasteiger partial charge in [-0.05, 0) is 24.1 Å². The van der Waals surface area contributed by atoms with Gasteiger partial charge in [-0.2, -0.15) is 0 Å². The third-order valence-electron chi connectivity index (χ3n) is 4.39. The van der Waals surface area contributed by atoms with Crippen LogP contribution in [0, 0.1) is 5.92 Å². The van der Waals surface area contributed by atoms with Crippen molar-refractivity contribution in [3.8, 4) is 0 Å². The number of carbonyl (C=O) groups is 1. The van der Waals surface area contributed by atoms with E-state index in [0.717, 1.165) is 30.2 Å². The second kappa shape index (κ2) is 5.35. The number of hydrogen-bond donors (Lipinski definition) is 1. The molecule has 1 unspecified atom stereocenters. The SMILES string of the molecule is CC(C)C1CCCN1C(=O)c1cnc(N)c2ccccc12. The van der Waals surface area contributed by atoms with Crippen molar-refractivity contribution in [2.24, 2.45) is 5.92 Å². The van der Waals surface area contributed by atoms with Crippen molar-refractivity contribution in [3.63, 3.8) is 0 Å². The van der Waals surface area contributed by atoms with E-state index in [1.807, 2.05) is 29.2 Å². The molecule has 4 heteroatoms. The van der Waals surface area contributed by atoms with Crippen LogP contribution >= 0.6 is 0 Å². The minimum Gasteiger partial charge on any atom is -0.383 e. The zero-order valence-electron chi connectivity index (χ0n) is 12.5. The number of nitrogen functional groups attached to an aromatic ring is 1. The largest absolute Gasteiger partial charge is 0.383 e. The fraction of sp³-hybridized carbons (Fsp3) is 0.412. The van der Waals surface area contributed by atoms with E-state index in [1.165, 1.54) is 0 Å². The number of nitrogens with zero attached hydrogens (tertiary/aromatic N) is 2. The molecule has 1 aromatic heterocycles. The molecule has 21 heavy (non-hydrogen) atoms. The van der Waals surface area contributed by atoms with E-state index in [4.69, 9.17) is 5.73 Å². The first-order valence-electron chi connectivity index (χ1n) is 7.53. The Bertz CT molecular complexity index is 681. The normalized spacial score (nSPS) is 18.6. The monoisotopic (exact) mass is 283 g/mol. The fourth-order valence-electron chi connectivity index (χ4n) is 3.28. The molecule has 2 N–H and O–H groups in total. The van der Waals surface area contributed by atoms with E-state index in [1.54, 1.807) is 6.20 Å². The van der Waals surface area contributed by atoms with Crippen molar-refractivity contribution in [2.75, 3.05) is 12.3 Å². The van der Waals surface area contributed by atoms with Gasteiger partial charge in [-0.25, -0.2) is 4.98 Å². The molecule has 110 valence electrons. The number of pyridine rings is 1. The van der Waals surface area contributed by atoms with Crippen LogP contribution in [0.3, 0.4) is 0 Å². The van der Waals surface area contributed by atoms with Gasteiger partial charge < -0.3 is 10.6 Å². The van der Waals surface area contributed by atoms with Crippen molar-refractivity contribution < 1.29 is 4.79 Å². The van der Waals surface area contributed by atoms with Crippen molar-refractivity contribution in [1.82, 2.24) is 9.88 Å². The van der Waals surface area contributed by atoms with E-state index in [0.29, 0.717) is 23.3 Å². The molecular weight excluding hydrogens is 262 g/mol. The van der Waals surface area contributed by atoms with Crippen molar-refractivity contribution in [3.05, 3.63) is 36.0 Å². The first-order chi connectivity index (χ1) is 10.1. The summed E-state index contributed by atoms with van der Waals surface area (Å²) in [6.45, 7) is 5.19. The van der Waals surface area contributed by atoms with Crippen molar-refractivity contribution in [1.29, 1.82) is 0 Å². The minimum absolute atomic E-state index is 0.0786. The van der Waals surface area contributed by atoms with Crippen LogP contribution in [-0.4, -0.2) is 28.4 Å². The molecule has 3 rings (SSSR count). The number of likely N-dealkylation sites (tertiary alicyclic amines) is 1. The van der Waals surface area contributed by atoms with E-state index in [-0.39, 0.29) is 5.91 Å². The first-order valence-corrected chi connectivity index (χ1v) is 7.53. The number of anilines is 1. The molecule has 0 saturated carbocycles. The van der Waals surface area contributed by atoms with Crippen LogP contribution < -0.4 is 5.73 Å². The smallest absolute Gasteiger partial charge is 0.256 e. The van der Waals surface area contributed by atoms with Crippen LogP contribution in [0.1, 0.15) is 37.0 Å². The van der Waals surface area contributed by atoms with Gasteiger partial charge in [0, 0.05) is 24.2 Å². The van der Waals surface area contributed by atoms with E-state index in [9.17, 15) is 4.79 Å². The van der Waals surface area contributed by atoms with Crippen molar-refractivity contribution in [2.45, 2.75) is 32.7 Å². The lowest BCUT2D eigenvalue weighted by atomic mass is 10.0. The highest BCUT2D eigenvalue weighted by Crippen LogP contribution is 2.29. The Balaban J connectivity index is 2.04. The molecule has 4 nitrogen and oxygen atoms in total. The van der Waals surface area contributed by atoms with E-state index < -0.39 is 0 Å². The predicted octanol–water partition coefficient (Wildman–Crippen LogP) is 3.08. The Morgan fingerprint density at radius 2 is 2.05 bits per heavy atom. The van der Waals surface area contributed by atoms with Crippen LogP contribution in [0.15, 0.2) is 30.5 Å². The molecule has 1 fully saturated rings. The van der Waals surface area contributed by atoms with Gasteiger partial charge in [-0.15, -0.1) is 0 Å². The predicted molar refractivity (Wildman–Crippen MR) is 85.1 cm³/mol. The quantitative estimate of drug-likeness (QED) is 0.921. The molecule has 1 saturated heterocycles. The number of rotatable bonds is 2. The molecule has 1 atom stereocenters. The van der Waals surface area contributed by atoms with Gasteiger partial charge in [0.2, 0.25) is 0 Å². The second-order valence-corrected chi connectivity index (χ2v) is 6.05. The summed E-state index contributed by atoms with van der Waals surface area (Å²) in [4.78, 5) is 19.1. The lowest BCUT2D eigenvalue weighted by Gasteiger charge is -2.28. The zero-order chi connectivity index (χ0) is 15.0. The number of nitrogens with two attached hydrogens (primary N) is 1. The number of carbonyl (C=O) groups excluding carboxylic acids is 1. The Morgan fingerprint density at radius 3 is 2.76 bits per heavy atom. The highest BCUT2D eigenvalue weighted by molar-refractivity contribution is 6.09. The Labute approximate surface area is 125 Å². The van der Waals surface area contributed by atoms with E-state index in [2.05, 4.69) is 18.8 Å². The standard InChI is InChI=1S/C17H21N3O/c1-11(2)15-8-5-9-20(15)17(21)14-10-19-16(18)13-7-4-3-6-12(13)14/h3-4,6-7,10-11,15H,5,8-9H2,1-2H3,(H2,18,19). The summed E-state index contributed by atoms with van der Waals surface area (Å²) in [6, 6.07) is 8.04. The average Bonchev–Trinajstić information content (AvgIpc) is 2.97. The van der Waals surface area contributed by atoms with Gasteiger partial charge in [0.15, 0.2) is 0 Å². The molecule has 0 radical (unpaired) electrons. The first kappa shape index (κ1) is 13.9. The molecule has 1 aliphatic rings. The van der Waals surface area contributed by atoms with Gasteiger partial charge in [-0.3, -0.25) is 4.79 Å². The molecule has 0 bridgehead atoms. The summed E-state index contributed by atoms with van der Waals surface area (Å²) in [5, 5.41) is 1.74. The summed E-state index contributed by atoms with van der Waals surface area (Å²) in [7, 11) is 0. The third-order valence-corrected chi connectivity index (χ3v) is 4.39. The molecule has 1 amide bonds. The Kier molecular flexibility index (Phi) is 3.53. The molecule has 0 aliphatic carbocycles. The van der Waals surface area contributed by atoms with Gasteiger partial charge in [0.25, 0.3) is 5.91 Å². The molecule has 1 aliphatic heterocycles. The van der Waals surface area contributed by atoms with Crippen LogP contribution in [0.5, 0.6) is 0 Å². The van der Waals surface area contributed by atoms with Crippen LogP contribution in [0.4, 0.5) is 5.82 Å². The van der Waals surface area contributed by atoms with Crippen LogP contribution in [-0.2, 0) is 0 Å². The zero-order valence-corrected chi connectivity index (χ0v) is 12.5. The van der Waals surface area contributed by atoms with Gasteiger partial charge in [0.1, 0.15) is 5.82 Å². The molecular formula is C17H21N3O. The van der Waals surface area contributed by atoms with Gasteiger partial charge in [0.05, 0.1) is 5.56 Å². The summed E-state index contributed by atoms with van der Waals surface area (Å²) in [5.74, 6) is 1.03. The molecule has 0 spiro atoms. The highest BCUT2D eigenvalue weighted by atomic mass is 16.2. The fourth-order valence-corrected chi connectivity index (χ4v) is 3.28. The average molecular weight is 283 g/mol. The number of aromatic nitrogens is 1. The lowest BCUT2D eigenvalue weighted by molar-refractivity contribution is 0.0703. The summed E-state index contributed by atoms with van der Waals surface area (Å²) in [5.41, 5.74) is 6.58. The summed E-state index contributed by atoms with van der Waals surface area (Å²) >= 11 is 0. The number of benzene rings is 1. The number of amides is 1. The maximum absolute atomic E-state index is 12.9. The Morgan fingerprint density at radius 1 is 1.33 bits per heavy atom. The highest BCUT2D eigenvalue weighted by Gasteiger charge is 2.32. The van der Waals surface area contributed by atoms with E-state index >= 15 is 0 Å². The second-order valence-electron chi connectivity index (χ2n) is 6.05.